The second-order valence-corrected chi connectivity index (χ2v) is 4.58. The number of aliphatic carboxylic acids is 1. The van der Waals surface area contributed by atoms with Crippen molar-refractivity contribution in [1.82, 2.24) is 9.97 Å². The lowest BCUT2D eigenvalue weighted by Crippen LogP contribution is -2.40. The number of H-pyrrole nitrogens is 1. The Morgan fingerprint density at radius 3 is 2.80 bits per heavy atom. The van der Waals surface area contributed by atoms with Crippen LogP contribution in [0.2, 0.25) is 0 Å². The number of halogens is 3. The molecule has 1 aromatic rings. The summed E-state index contributed by atoms with van der Waals surface area (Å²) >= 11 is 0. The largest absolute Gasteiger partial charge is 0.481 e. The summed E-state index contributed by atoms with van der Waals surface area (Å²) in [5.74, 6) is -1.93. The van der Waals surface area contributed by atoms with Crippen LogP contribution in [0.5, 0.6) is 0 Å². The van der Waals surface area contributed by atoms with Gasteiger partial charge >= 0.3 is 12.1 Å². The highest BCUT2D eigenvalue weighted by molar-refractivity contribution is 5.71. The Balaban J connectivity index is 2.30. The third-order valence-corrected chi connectivity index (χ3v) is 3.09. The monoisotopic (exact) mass is 291 g/mol. The summed E-state index contributed by atoms with van der Waals surface area (Å²) < 4.78 is 37.8. The summed E-state index contributed by atoms with van der Waals surface area (Å²) in [6.07, 6.45) is -3.75. The molecule has 0 aromatic carbocycles. The van der Waals surface area contributed by atoms with Gasteiger partial charge in [-0.2, -0.15) is 13.2 Å². The van der Waals surface area contributed by atoms with Crippen LogP contribution in [0, 0.1) is 5.92 Å². The molecule has 2 heterocycles. The molecule has 0 radical (unpaired) electrons. The summed E-state index contributed by atoms with van der Waals surface area (Å²) in [5, 5.41) is 8.94. The quantitative estimate of drug-likeness (QED) is 0.852. The van der Waals surface area contributed by atoms with Gasteiger partial charge in [0.2, 0.25) is 5.95 Å². The first-order valence-corrected chi connectivity index (χ1v) is 5.93. The summed E-state index contributed by atoms with van der Waals surface area (Å²) in [4.78, 5) is 29.2. The van der Waals surface area contributed by atoms with E-state index in [-0.39, 0.29) is 12.5 Å². The van der Waals surface area contributed by atoms with E-state index >= 15 is 0 Å². The second-order valence-electron chi connectivity index (χ2n) is 4.58. The second kappa shape index (κ2) is 5.14. The number of carbonyl (C=O) groups is 1. The van der Waals surface area contributed by atoms with Crippen LogP contribution < -0.4 is 10.5 Å². The normalized spacial score (nSPS) is 19.9. The topological polar surface area (TPSA) is 86.3 Å². The number of nitrogens with one attached hydrogen (secondary N) is 1. The Morgan fingerprint density at radius 1 is 1.50 bits per heavy atom. The highest BCUT2D eigenvalue weighted by Gasteiger charge is 2.34. The van der Waals surface area contributed by atoms with Crippen molar-refractivity contribution in [3.05, 3.63) is 22.1 Å². The van der Waals surface area contributed by atoms with Gasteiger partial charge in [-0.25, -0.2) is 4.98 Å². The van der Waals surface area contributed by atoms with Gasteiger partial charge in [0.15, 0.2) is 5.69 Å². The van der Waals surface area contributed by atoms with Gasteiger partial charge in [0, 0.05) is 19.2 Å². The molecule has 1 aromatic heterocycles. The fourth-order valence-electron chi connectivity index (χ4n) is 2.11. The molecule has 0 amide bonds. The minimum absolute atomic E-state index is 0.0274. The van der Waals surface area contributed by atoms with Crippen LogP contribution in [-0.4, -0.2) is 34.1 Å². The Bertz CT molecular complexity index is 570. The van der Waals surface area contributed by atoms with Gasteiger partial charge in [0.05, 0.1) is 5.92 Å². The molecule has 1 aliphatic rings. The lowest BCUT2D eigenvalue weighted by atomic mass is 9.99. The molecule has 0 aliphatic carbocycles. The Labute approximate surface area is 111 Å². The van der Waals surface area contributed by atoms with Crippen molar-refractivity contribution in [2.75, 3.05) is 18.0 Å². The SMILES string of the molecule is O=C(O)C1CCCN(c2nc(C(F)(F)F)cc(=O)[nH]2)C1. The lowest BCUT2D eigenvalue weighted by Gasteiger charge is -2.31. The van der Waals surface area contributed by atoms with Gasteiger partial charge in [-0.05, 0) is 12.8 Å². The summed E-state index contributed by atoms with van der Waals surface area (Å²) in [5.41, 5.74) is -2.20. The van der Waals surface area contributed by atoms with E-state index in [0.717, 1.165) is 0 Å². The maximum Gasteiger partial charge on any atom is 0.433 e. The molecule has 1 aliphatic heterocycles. The summed E-state index contributed by atoms with van der Waals surface area (Å²) in [6, 6.07) is 0.377. The molecule has 2 N–H and O–H groups in total. The molecular weight excluding hydrogens is 279 g/mol. The third kappa shape index (κ3) is 3.09. The predicted octanol–water partition coefficient (Wildman–Crippen LogP) is 1.09. The van der Waals surface area contributed by atoms with Gasteiger partial charge in [0.25, 0.3) is 5.56 Å². The van der Waals surface area contributed by atoms with Crippen LogP contribution in [0.25, 0.3) is 0 Å². The standard InChI is InChI=1S/C11H12F3N3O3/c12-11(13,14)7-4-8(18)16-10(15-7)17-3-1-2-6(5-17)9(19)20/h4,6H,1-3,5H2,(H,19,20)(H,15,16,18). The Kier molecular flexibility index (Phi) is 3.69. The highest BCUT2D eigenvalue weighted by Crippen LogP contribution is 2.28. The highest BCUT2D eigenvalue weighted by atomic mass is 19.4. The number of alkyl halides is 3. The Morgan fingerprint density at radius 2 is 2.20 bits per heavy atom. The average molecular weight is 291 g/mol. The fraction of sp³-hybridized carbons (Fsp3) is 0.545. The van der Waals surface area contributed by atoms with E-state index in [0.29, 0.717) is 25.5 Å². The average Bonchev–Trinajstić information content (AvgIpc) is 2.37. The van der Waals surface area contributed by atoms with Crippen molar-refractivity contribution < 1.29 is 23.1 Å². The maximum absolute atomic E-state index is 12.6. The van der Waals surface area contributed by atoms with E-state index in [2.05, 4.69) is 9.97 Å². The first kappa shape index (κ1) is 14.4. The molecule has 20 heavy (non-hydrogen) atoms. The molecular formula is C11H12F3N3O3. The Hall–Kier alpha value is -2.06. The number of hydrogen-bond acceptors (Lipinski definition) is 4. The first-order valence-electron chi connectivity index (χ1n) is 5.93. The molecule has 1 saturated heterocycles. The van der Waals surface area contributed by atoms with Crippen LogP contribution in [-0.2, 0) is 11.0 Å². The molecule has 1 atom stereocenters. The number of carboxylic acids is 1. The van der Waals surface area contributed by atoms with Crippen molar-refractivity contribution in [3.8, 4) is 0 Å². The number of piperidine rings is 1. The minimum atomic E-state index is -4.72. The zero-order chi connectivity index (χ0) is 14.9. The number of nitrogens with zero attached hydrogens (tertiary/aromatic N) is 2. The number of carboxylic acid groups (broad SMARTS) is 1. The van der Waals surface area contributed by atoms with Crippen LogP contribution in [0.4, 0.5) is 19.1 Å². The number of hydrogen-bond donors (Lipinski definition) is 2. The van der Waals surface area contributed by atoms with Gasteiger partial charge in [-0.1, -0.05) is 0 Å². The van der Waals surface area contributed by atoms with Crippen LogP contribution in [0.3, 0.4) is 0 Å². The number of aromatic nitrogens is 2. The fourth-order valence-corrected chi connectivity index (χ4v) is 2.11. The van der Waals surface area contributed by atoms with Crippen molar-refractivity contribution in [2.24, 2.45) is 5.92 Å². The van der Waals surface area contributed by atoms with E-state index in [1.807, 2.05) is 0 Å². The zero-order valence-corrected chi connectivity index (χ0v) is 10.3. The molecule has 2 rings (SSSR count). The lowest BCUT2D eigenvalue weighted by molar-refractivity contribution is -0.142. The number of rotatable bonds is 2. The molecule has 9 heteroatoms. The van der Waals surface area contributed by atoms with Gasteiger partial charge in [0.1, 0.15) is 0 Å². The van der Waals surface area contributed by atoms with Crippen molar-refractivity contribution in [3.63, 3.8) is 0 Å². The van der Waals surface area contributed by atoms with Crippen molar-refractivity contribution >= 4 is 11.9 Å². The predicted molar refractivity (Wildman–Crippen MR) is 62.4 cm³/mol. The molecule has 0 saturated carbocycles. The van der Waals surface area contributed by atoms with Crippen molar-refractivity contribution in [2.45, 2.75) is 19.0 Å². The zero-order valence-electron chi connectivity index (χ0n) is 10.3. The van der Waals surface area contributed by atoms with Gasteiger partial charge in [-0.3, -0.25) is 14.6 Å². The third-order valence-electron chi connectivity index (χ3n) is 3.09. The van der Waals surface area contributed by atoms with Gasteiger partial charge in [-0.15, -0.1) is 0 Å². The van der Waals surface area contributed by atoms with E-state index in [9.17, 15) is 22.8 Å². The van der Waals surface area contributed by atoms with Crippen LogP contribution >= 0.6 is 0 Å². The first-order chi connectivity index (χ1) is 9.27. The summed E-state index contributed by atoms with van der Waals surface area (Å²) in [7, 11) is 0. The number of aromatic amines is 1. The molecule has 6 nitrogen and oxygen atoms in total. The van der Waals surface area contributed by atoms with E-state index in [1.165, 1.54) is 4.90 Å². The van der Waals surface area contributed by atoms with E-state index < -0.39 is 29.3 Å². The molecule has 0 bridgehead atoms. The van der Waals surface area contributed by atoms with E-state index in [1.54, 1.807) is 0 Å². The van der Waals surface area contributed by atoms with Crippen molar-refractivity contribution in [1.29, 1.82) is 0 Å². The maximum atomic E-state index is 12.6. The molecule has 1 fully saturated rings. The molecule has 0 spiro atoms. The molecule has 1 unspecified atom stereocenters. The van der Waals surface area contributed by atoms with Gasteiger partial charge < -0.3 is 10.0 Å². The molecule has 110 valence electrons. The minimum Gasteiger partial charge on any atom is -0.481 e. The van der Waals surface area contributed by atoms with Crippen LogP contribution in [0.15, 0.2) is 10.9 Å². The smallest absolute Gasteiger partial charge is 0.433 e. The van der Waals surface area contributed by atoms with Crippen LogP contribution in [0.1, 0.15) is 18.5 Å². The summed E-state index contributed by atoms with van der Waals surface area (Å²) in [6.45, 7) is 0.383. The van der Waals surface area contributed by atoms with E-state index in [4.69, 9.17) is 5.11 Å². The number of anilines is 1.